The van der Waals surface area contributed by atoms with Gasteiger partial charge in [0.15, 0.2) is 0 Å². The first-order chi connectivity index (χ1) is 11.6. The molecule has 0 saturated carbocycles. The van der Waals surface area contributed by atoms with E-state index in [0.29, 0.717) is 31.2 Å². The van der Waals surface area contributed by atoms with E-state index >= 15 is 0 Å². The molecule has 1 unspecified atom stereocenters. The second-order valence-electron chi connectivity index (χ2n) is 6.07. The Hall–Kier alpha value is -2.04. The van der Waals surface area contributed by atoms with Crippen molar-refractivity contribution < 1.29 is 14.6 Å². The summed E-state index contributed by atoms with van der Waals surface area (Å²) in [7, 11) is 0. The number of carbonyl (C=O) groups excluding carboxylic acids is 1. The van der Waals surface area contributed by atoms with Gasteiger partial charge in [0.2, 0.25) is 0 Å². The fraction of sp³-hybridized carbons (Fsp3) is 0.316. The summed E-state index contributed by atoms with van der Waals surface area (Å²) in [5.41, 5.74) is 1.66. The number of hydrogen-bond donors (Lipinski definition) is 1. The molecule has 24 heavy (non-hydrogen) atoms. The van der Waals surface area contributed by atoms with Crippen molar-refractivity contribution in [2.75, 3.05) is 19.7 Å². The average molecular weight is 346 g/mol. The van der Waals surface area contributed by atoms with Crippen LogP contribution >= 0.6 is 11.6 Å². The SMILES string of the molecule is O=C(c1ccc(O)c(Cl)c1)N1CCC(COCc2ccccc2)C1. The van der Waals surface area contributed by atoms with E-state index in [-0.39, 0.29) is 16.7 Å². The molecule has 1 aliphatic rings. The molecular weight excluding hydrogens is 326 g/mol. The summed E-state index contributed by atoms with van der Waals surface area (Å²) in [5, 5.41) is 9.65. The molecule has 0 bridgehead atoms. The minimum absolute atomic E-state index is 0.0122. The van der Waals surface area contributed by atoms with Gasteiger partial charge in [-0.15, -0.1) is 0 Å². The summed E-state index contributed by atoms with van der Waals surface area (Å²) in [5.74, 6) is 0.287. The maximum Gasteiger partial charge on any atom is 0.253 e. The molecule has 126 valence electrons. The number of ether oxygens (including phenoxy) is 1. The molecule has 1 N–H and O–H groups in total. The Morgan fingerprint density at radius 2 is 2.04 bits per heavy atom. The number of aromatic hydroxyl groups is 1. The van der Waals surface area contributed by atoms with Gasteiger partial charge in [-0.05, 0) is 30.2 Å². The van der Waals surface area contributed by atoms with E-state index in [2.05, 4.69) is 0 Å². The van der Waals surface area contributed by atoms with Crippen LogP contribution in [0.5, 0.6) is 5.75 Å². The Bertz CT molecular complexity index is 705. The summed E-state index contributed by atoms with van der Waals surface area (Å²) in [6.07, 6.45) is 0.937. The second kappa shape index (κ2) is 7.69. The maximum atomic E-state index is 12.5. The Kier molecular flexibility index (Phi) is 5.38. The minimum atomic E-state index is -0.0533. The molecule has 0 aromatic heterocycles. The smallest absolute Gasteiger partial charge is 0.253 e. The number of halogens is 1. The predicted molar refractivity (Wildman–Crippen MR) is 93.2 cm³/mol. The molecule has 2 aromatic rings. The van der Waals surface area contributed by atoms with Crippen molar-refractivity contribution in [1.82, 2.24) is 4.90 Å². The zero-order chi connectivity index (χ0) is 16.9. The van der Waals surface area contributed by atoms with Gasteiger partial charge in [-0.1, -0.05) is 41.9 Å². The van der Waals surface area contributed by atoms with Gasteiger partial charge < -0.3 is 14.7 Å². The highest BCUT2D eigenvalue weighted by molar-refractivity contribution is 6.32. The van der Waals surface area contributed by atoms with Crippen LogP contribution in [0.4, 0.5) is 0 Å². The fourth-order valence-corrected chi connectivity index (χ4v) is 3.07. The number of rotatable bonds is 5. The highest BCUT2D eigenvalue weighted by atomic mass is 35.5. The highest BCUT2D eigenvalue weighted by Gasteiger charge is 2.27. The number of phenolic OH excluding ortho intramolecular Hbond substituents is 1. The molecule has 1 amide bonds. The van der Waals surface area contributed by atoms with Gasteiger partial charge in [-0.25, -0.2) is 0 Å². The number of nitrogens with zero attached hydrogens (tertiary/aromatic N) is 1. The number of carbonyl (C=O) groups is 1. The zero-order valence-corrected chi connectivity index (χ0v) is 14.1. The van der Waals surface area contributed by atoms with Crippen LogP contribution in [0.3, 0.4) is 0 Å². The number of phenols is 1. The predicted octanol–water partition coefficient (Wildman–Crippen LogP) is 3.72. The topological polar surface area (TPSA) is 49.8 Å². The molecule has 1 aliphatic heterocycles. The second-order valence-corrected chi connectivity index (χ2v) is 6.48. The largest absolute Gasteiger partial charge is 0.506 e. The Morgan fingerprint density at radius 1 is 1.25 bits per heavy atom. The van der Waals surface area contributed by atoms with Gasteiger partial charge in [0, 0.05) is 24.6 Å². The standard InChI is InChI=1S/C19H20ClNO3/c20-17-10-16(6-7-18(17)22)19(23)21-9-8-15(11-21)13-24-12-14-4-2-1-3-5-14/h1-7,10,15,22H,8-9,11-13H2. The van der Waals surface area contributed by atoms with Crippen LogP contribution in [0, 0.1) is 5.92 Å². The first-order valence-corrected chi connectivity index (χ1v) is 8.41. The Labute approximate surface area is 146 Å². The fourth-order valence-electron chi connectivity index (χ4n) is 2.89. The average Bonchev–Trinajstić information content (AvgIpc) is 3.06. The van der Waals surface area contributed by atoms with Crippen LogP contribution in [0.2, 0.25) is 5.02 Å². The van der Waals surface area contributed by atoms with E-state index < -0.39 is 0 Å². The number of hydrogen-bond acceptors (Lipinski definition) is 3. The quantitative estimate of drug-likeness (QED) is 0.898. The molecule has 4 nitrogen and oxygen atoms in total. The van der Waals surface area contributed by atoms with Crippen molar-refractivity contribution in [2.45, 2.75) is 13.0 Å². The molecule has 0 spiro atoms. The normalized spacial score (nSPS) is 17.2. The lowest BCUT2D eigenvalue weighted by Gasteiger charge is -2.17. The molecule has 1 heterocycles. The molecule has 1 fully saturated rings. The van der Waals surface area contributed by atoms with E-state index in [9.17, 15) is 9.90 Å². The number of amides is 1. The minimum Gasteiger partial charge on any atom is -0.506 e. The summed E-state index contributed by atoms with van der Waals surface area (Å²) < 4.78 is 5.78. The lowest BCUT2D eigenvalue weighted by atomic mass is 10.1. The zero-order valence-electron chi connectivity index (χ0n) is 13.3. The molecular formula is C19H20ClNO3. The van der Waals surface area contributed by atoms with Crippen LogP contribution in [0.1, 0.15) is 22.3 Å². The van der Waals surface area contributed by atoms with Crippen molar-refractivity contribution in [1.29, 1.82) is 0 Å². The van der Waals surface area contributed by atoms with E-state index in [1.165, 1.54) is 12.1 Å². The summed E-state index contributed by atoms with van der Waals surface area (Å²) >= 11 is 5.88. The highest BCUT2D eigenvalue weighted by Crippen LogP contribution is 2.26. The lowest BCUT2D eigenvalue weighted by Crippen LogP contribution is -2.29. The molecule has 2 aromatic carbocycles. The third kappa shape index (κ3) is 4.08. The molecule has 3 rings (SSSR count). The molecule has 5 heteroatoms. The summed E-state index contributed by atoms with van der Waals surface area (Å²) in [6.45, 7) is 2.65. The van der Waals surface area contributed by atoms with Gasteiger partial charge in [0.1, 0.15) is 5.75 Å². The van der Waals surface area contributed by atoms with Gasteiger partial charge in [-0.3, -0.25) is 4.79 Å². The first-order valence-electron chi connectivity index (χ1n) is 8.03. The van der Waals surface area contributed by atoms with E-state index in [0.717, 1.165) is 18.5 Å². The van der Waals surface area contributed by atoms with Crippen molar-refractivity contribution in [3.05, 3.63) is 64.7 Å². The summed E-state index contributed by atoms with van der Waals surface area (Å²) in [6, 6.07) is 14.6. The van der Waals surface area contributed by atoms with Crippen molar-refractivity contribution >= 4 is 17.5 Å². The number of benzene rings is 2. The van der Waals surface area contributed by atoms with Crippen molar-refractivity contribution in [3.8, 4) is 5.75 Å². The molecule has 0 aliphatic carbocycles. The number of likely N-dealkylation sites (tertiary alicyclic amines) is 1. The first kappa shape index (κ1) is 16.8. The molecule has 1 atom stereocenters. The monoisotopic (exact) mass is 345 g/mol. The molecule has 0 radical (unpaired) electrons. The van der Waals surface area contributed by atoms with E-state index in [1.807, 2.05) is 35.2 Å². The van der Waals surface area contributed by atoms with E-state index in [1.54, 1.807) is 6.07 Å². The van der Waals surface area contributed by atoms with Crippen LogP contribution in [0.15, 0.2) is 48.5 Å². The van der Waals surface area contributed by atoms with Crippen molar-refractivity contribution in [3.63, 3.8) is 0 Å². The third-order valence-electron chi connectivity index (χ3n) is 4.23. The van der Waals surface area contributed by atoms with Gasteiger partial charge in [0.05, 0.1) is 18.2 Å². The van der Waals surface area contributed by atoms with E-state index in [4.69, 9.17) is 16.3 Å². The van der Waals surface area contributed by atoms with Crippen LogP contribution in [-0.2, 0) is 11.3 Å². The Morgan fingerprint density at radius 3 is 2.79 bits per heavy atom. The van der Waals surface area contributed by atoms with Crippen LogP contribution in [-0.4, -0.2) is 35.6 Å². The molecule has 1 saturated heterocycles. The third-order valence-corrected chi connectivity index (χ3v) is 4.54. The van der Waals surface area contributed by atoms with Gasteiger partial charge >= 0.3 is 0 Å². The van der Waals surface area contributed by atoms with Gasteiger partial charge in [0.25, 0.3) is 5.91 Å². The van der Waals surface area contributed by atoms with Crippen LogP contribution < -0.4 is 0 Å². The van der Waals surface area contributed by atoms with Gasteiger partial charge in [-0.2, -0.15) is 0 Å². The lowest BCUT2D eigenvalue weighted by molar-refractivity contribution is 0.0733. The Balaban J connectivity index is 1.49. The maximum absolute atomic E-state index is 12.5. The van der Waals surface area contributed by atoms with Crippen molar-refractivity contribution in [2.24, 2.45) is 5.92 Å². The van der Waals surface area contributed by atoms with Crippen LogP contribution in [0.25, 0.3) is 0 Å². The summed E-state index contributed by atoms with van der Waals surface area (Å²) in [4.78, 5) is 14.3.